The number of carbonyl (C=O) groups is 1. The van der Waals surface area contributed by atoms with Crippen molar-refractivity contribution in [2.45, 2.75) is 85.0 Å². The number of rotatable bonds is 5. The largest absolute Gasteiger partial charge is 0.444 e. The molecule has 0 aromatic carbocycles. The molecule has 1 amide bonds. The fraction of sp³-hybridized carbons (Fsp3) is 0.778. The Kier molecular flexibility index (Phi) is 5.91. The maximum Gasteiger partial charge on any atom is 0.410 e. The van der Waals surface area contributed by atoms with Crippen molar-refractivity contribution >= 4 is 6.09 Å². The Morgan fingerprint density at radius 1 is 1.46 bits per heavy atom. The smallest absolute Gasteiger partial charge is 0.410 e. The number of amides is 1. The number of carbonyl (C=O) groups excluding carboxylic acids is 1. The lowest BCUT2D eigenvalue weighted by molar-refractivity contribution is 0.0214. The molecule has 1 aliphatic heterocycles. The molecule has 24 heavy (non-hydrogen) atoms. The fourth-order valence-corrected chi connectivity index (χ4v) is 3.01. The molecular formula is C18H31N3O3. The van der Waals surface area contributed by atoms with Crippen LogP contribution < -0.4 is 5.32 Å². The number of nitrogens with zero attached hydrogens (tertiary/aromatic N) is 2. The maximum atomic E-state index is 12.3. The van der Waals surface area contributed by atoms with E-state index in [4.69, 9.17) is 9.15 Å². The summed E-state index contributed by atoms with van der Waals surface area (Å²) in [5.74, 6) is 1.58. The lowest BCUT2D eigenvalue weighted by Crippen LogP contribution is -2.42. The highest BCUT2D eigenvalue weighted by molar-refractivity contribution is 5.68. The number of hydrogen-bond donors (Lipinski definition) is 1. The molecule has 2 unspecified atom stereocenters. The van der Waals surface area contributed by atoms with Crippen LogP contribution in [0.15, 0.2) is 4.42 Å². The van der Waals surface area contributed by atoms with Crippen LogP contribution in [0.3, 0.4) is 0 Å². The normalized spacial score (nSPS) is 19.6. The molecule has 1 aliphatic rings. The SMILES string of the molecule is Cc1nc(CNC(C)CC2CCCN2C(=O)OC(C)(C)C)oc1C. The van der Waals surface area contributed by atoms with E-state index < -0.39 is 5.60 Å². The quantitative estimate of drug-likeness (QED) is 0.890. The van der Waals surface area contributed by atoms with Crippen molar-refractivity contribution in [3.05, 3.63) is 17.3 Å². The van der Waals surface area contributed by atoms with Crippen LogP contribution >= 0.6 is 0 Å². The monoisotopic (exact) mass is 337 g/mol. The molecule has 2 atom stereocenters. The highest BCUT2D eigenvalue weighted by Gasteiger charge is 2.32. The van der Waals surface area contributed by atoms with Crippen molar-refractivity contribution in [2.75, 3.05) is 6.54 Å². The Labute approximate surface area is 144 Å². The van der Waals surface area contributed by atoms with E-state index in [1.54, 1.807) is 0 Å². The van der Waals surface area contributed by atoms with Crippen LogP contribution in [0.25, 0.3) is 0 Å². The maximum absolute atomic E-state index is 12.3. The number of aryl methyl sites for hydroxylation is 2. The van der Waals surface area contributed by atoms with Gasteiger partial charge in [0.2, 0.25) is 5.89 Å². The van der Waals surface area contributed by atoms with E-state index in [9.17, 15) is 4.79 Å². The lowest BCUT2D eigenvalue weighted by Gasteiger charge is -2.30. The lowest BCUT2D eigenvalue weighted by atomic mass is 10.1. The van der Waals surface area contributed by atoms with Gasteiger partial charge in [-0.05, 0) is 60.8 Å². The molecule has 0 spiro atoms. The second-order valence-corrected chi connectivity index (χ2v) is 7.74. The van der Waals surface area contributed by atoms with Crippen molar-refractivity contribution in [2.24, 2.45) is 0 Å². The molecule has 1 saturated heterocycles. The van der Waals surface area contributed by atoms with Crippen LogP contribution in [0.1, 0.15) is 64.3 Å². The van der Waals surface area contributed by atoms with Crippen LogP contribution in [0.5, 0.6) is 0 Å². The first-order valence-electron chi connectivity index (χ1n) is 8.81. The first kappa shape index (κ1) is 18.8. The molecule has 0 bridgehead atoms. The van der Waals surface area contributed by atoms with Gasteiger partial charge in [0.25, 0.3) is 0 Å². The van der Waals surface area contributed by atoms with Crippen LogP contribution in [0.2, 0.25) is 0 Å². The van der Waals surface area contributed by atoms with Gasteiger partial charge in [-0.1, -0.05) is 0 Å². The minimum atomic E-state index is -0.450. The molecule has 2 rings (SSSR count). The van der Waals surface area contributed by atoms with E-state index >= 15 is 0 Å². The first-order chi connectivity index (χ1) is 11.2. The Balaban J connectivity index is 1.83. The summed E-state index contributed by atoms with van der Waals surface area (Å²) in [6, 6.07) is 0.501. The summed E-state index contributed by atoms with van der Waals surface area (Å²) in [4.78, 5) is 18.6. The van der Waals surface area contributed by atoms with E-state index in [-0.39, 0.29) is 18.2 Å². The van der Waals surface area contributed by atoms with Crippen LogP contribution in [-0.2, 0) is 11.3 Å². The topological polar surface area (TPSA) is 67.6 Å². The van der Waals surface area contributed by atoms with Gasteiger partial charge in [0, 0.05) is 18.6 Å². The van der Waals surface area contributed by atoms with Gasteiger partial charge >= 0.3 is 6.09 Å². The average Bonchev–Trinajstić information content (AvgIpc) is 3.02. The third-order valence-electron chi connectivity index (χ3n) is 4.31. The average molecular weight is 337 g/mol. The zero-order valence-corrected chi connectivity index (χ0v) is 15.8. The highest BCUT2D eigenvalue weighted by Crippen LogP contribution is 2.24. The van der Waals surface area contributed by atoms with E-state index in [0.29, 0.717) is 12.4 Å². The summed E-state index contributed by atoms with van der Waals surface area (Å²) in [6.07, 6.45) is 2.77. The first-order valence-corrected chi connectivity index (χ1v) is 8.81. The van der Waals surface area contributed by atoms with Crippen LogP contribution in [0, 0.1) is 13.8 Å². The number of oxazole rings is 1. The molecule has 0 saturated carbocycles. The number of likely N-dealkylation sites (tertiary alicyclic amines) is 1. The van der Waals surface area contributed by atoms with E-state index in [0.717, 1.165) is 37.3 Å². The predicted molar refractivity (Wildman–Crippen MR) is 92.9 cm³/mol. The van der Waals surface area contributed by atoms with Gasteiger partial charge < -0.3 is 19.4 Å². The van der Waals surface area contributed by atoms with Gasteiger partial charge in [-0.25, -0.2) is 9.78 Å². The standard InChI is InChI=1S/C18H31N3O3/c1-12(19-11-16-20-13(2)14(3)23-16)10-15-8-7-9-21(15)17(22)24-18(4,5)6/h12,15,19H,7-11H2,1-6H3. The molecule has 6 nitrogen and oxygen atoms in total. The third-order valence-corrected chi connectivity index (χ3v) is 4.31. The number of nitrogens with one attached hydrogen (secondary N) is 1. The van der Waals surface area contributed by atoms with Crippen LogP contribution in [0.4, 0.5) is 4.79 Å². The Morgan fingerprint density at radius 3 is 2.75 bits per heavy atom. The minimum Gasteiger partial charge on any atom is -0.444 e. The number of aromatic nitrogens is 1. The van der Waals surface area contributed by atoms with Gasteiger partial charge in [0.1, 0.15) is 11.4 Å². The van der Waals surface area contributed by atoms with E-state index in [1.165, 1.54) is 0 Å². The fourth-order valence-electron chi connectivity index (χ4n) is 3.01. The molecule has 0 radical (unpaired) electrons. The summed E-state index contributed by atoms with van der Waals surface area (Å²) in [6.45, 7) is 13.1. The van der Waals surface area contributed by atoms with Gasteiger partial charge in [0.15, 0.2) is 0 Å². The molecule has 1 N–H and O–H groups in total. The summed E-state index contributed by atoms with van der Waals surface area (Å²) in [5, 5.41) is 3.44. The van der Waals surface area contributed by atoms with Crippen molar-refractivity contribution < 1.29 is 13.9 Å². The predicted octanol–water partition coefficient (Wildman–Crippen LogP) is 3.56. The highest BCUT2D eigenvalue weighted by atomic mass is 16.6. The number of ether oxygens (including phenoxy) is 1. The summed E-state index contributed by atoms with van der Waals surface area (Å²) >= 11 is 0. The molecule has 0 aliphatic carbocycles. The number of hydrogen-bond acceptors (Lipinski definition) is 5. The van der Waals surface area contributed by atoms with E-state index in [1.807, 2.05) is 39.5 Å². The minimum absolute atomic E-state index is 0.198. The van der Waals surface area contributed by atoms with Crippen LogP contribution in [-0.4, -0.2) is 40.2 Å². The van der Waals surface area contributed by atoms with Crippen molar-refractivity contribution in [1.29, 1.82) is 0 Å². The molecule has 136 valence electrons. The third kappa shape index (κ3) is 5.23. The summed E-state index contributed by atoms with van der Waals surface area (Å²) in [5.41, 5.74) is 0.487. The zero-order chi connectivity index (χ0) is 17.9. The van der Waals surface area contributed by atoms with Crippen molar-refractivity contribution in [1.82, 2.24) is 15.2 Å². The van der Waals surface area contributed by atoms with Gasteiger partial charge in [-0.2, -0.15) is 0 Å². The summed E-state index contributed by atoms with van der Waals surface area (Å²) < 4.78 is 11.1. The van der Waals surface area contributed by atoms with Gasteiger partial charge in [-0.3, -0.25) is 0 Å². The van der Waals surface area contributed by atoms with E-state index in [2.05, 4.69) is 17.2 Å². The molecule has 1 aromatic rings. The van der Waals surface area contributed by atoms with Gasteiger partial charge in [0.05, 0.1) is 12.2 Å². The second-order valence-electron chi connectivity index (χ2n) is 7.74. The molecular weight excluding hydrogens is 306 g/mol. The molecule has 1 fully saturated rings. The molecule has 1 aromatic heterocycles. The molecule has 2 heterocycles. The Hall–Kier alpha value is -1.56. The Morgan fingerprint density at radius 2 is 2.17 bits per heavy atom. The zero-order valence-electron chi connectivity index (χ0n) is 15.8. The molecule has 6 heteroatoms. The van der Waals surface area contributed by atoms with Crippen molar-refractivity contribution in [3.8, 4) is 0 Å². The summed E-state index contributed by atoms with van der Waals surface area (Å²) in [7, 11) is 0. The Bertz CT molecular complexity index is 543. The van der Waals surface area contributed by atoms with Gasteiger partial charge in [-0.15, -0.1) is 0 Å². The second kappa shape index (κ2) is 7.55. The van der Waals surface area contributed by atoms with Crippen molar-refractivity contribution in [3.63, 3.8) is 0 Å².